The van der Waals surface area contributed by atoms with Crippen LogP contribution in [0, 0.1) is 0 Å². The van der Waals surface area contributed by atoms with Crippen LogP contribution >= 0.6 is 0 Å². The summed E-state index contributed by atoms with van der Waals surface area (Å²) in [6, 6.07) is 26.0. The van der Waals surface area contributed by atoms with E-state index in [1.807, 2.05) is 42.3 Å². The summed E-state index contributed by atoms with van der Waals surface area (Å²) in [6.07, 6.45) is 1.49. The number of hydrogen-bond donors (Lipinski definition) is 2. The Kier molecular flexibility index (Phi) is 7.52. The molecule has 0 aliphatic carbocycles. The van der Waals surface area contributed by atoms with Gasteiger partial charge >= 0.3 is 0 Å². The third-order valence-corrected chi connectivity index (χ3v) is 5.93. The van der Waals surface area contributed by atoms with Gasteiger partial charge in [-0.15, -0.1) is 0 Å². The van der Waals surface area contributed by atoms with Crippen LogP contribution in [0.3, 0.4) is 0 Å². The van der Waals surface area contributed by atoms with Gasteiger partial charge in [-0.25, -0.2) is 5.43 Å². The van der Waals surface area contributed by atoms with E-state index in [0.29, 0.717) is 5.56 Å². The predicted molar refractivity (Wildman–Crippen MR) is 139 cm³/mol. The van der Waals surface area contributed by atoms with Crippen molar-refractivity contribution in [2.45, 2.75) is 6.54 Å². The molecule has 6 heteroatoms. The first kappa shape index (κ1) is 23.4. The van der Waals surface area contributed by atoms with Gasteiger partial charge in [0.15, 0.2) is 0 Å². The summed E-state index contributed by atoms with van der Waals surface area (Å²) < 4.78 is 0. The highest BCUT2D eigenvalue weighted by Gasteiger charge is 2.09. The zero-order valence-corrected chi connectivity index (χ0v) is 19.6. The Balaban J connectivity index is 1.26. The van der Waals surface area contributed by atoms with Gasteiger partial charge in [-0.05, 0) is 47.3 Å². The molecule has 0 unspecified atom stereocenters. The number of fused-ring (bicyclic) bond motifs is 2. The van der Waals surface area contributed by atoms with E-state index in [2.05, 4.69) is 64.9 Å². The van der Waals surface area contributed by atoms with Gasteiger partial charge in [0.2, 0.25) is 0 Å². The van der Waals surface area contributed by atoms with E-state index in [0.717, 1.165) is 30.4 Å². The van der Waals surface area contributed by atoms with Gasteiger partial charge in [-0.1, -0.05) is 72.8 Å². The first-order valence-electron chi connectivity index (χ1n) is 11.4. The van der Waals surface area contributed by atoms with Crippen molar-refractivity contribution in [2.24, 2.45) is 5.10 Å². The Bertz CT molecular complexity index is 1310. The molecule has 0 aliphatic rings. The van der Waals surface area contributed by atoms with Gasteiger partial charge in [0.1, 0.15) is 5.75 Å². The van der Waals surface area contributed by atoms with Crippen LogP contribution in [-0.4, -0.2) is 60.8 Å². The van der Waals surface area contributed by atoms with Crippen LogP contribution in [0.5, 0.6) is 5.75 Å². The van der Waals surface area contributed by atoms with E-state index in [4.69, 9.17) is 0 Å². The number of benzene rings is 4. The number of nitrogens with one attached hydrogen (secondary N) is 1. The average molecular weight is 455 g/mol. The summed E-state index contributed by atoms with van der Waals surface area (Å²) in [4.78, 5) is 16.6. The molecule has 0 atom stereocenters. The van der Waals surface area contributed by atoms with E-state index in [1.54, 1.807) is 6.07 Å². The maximum atomic E-state index is 12.3. The molecule has 0 saturated carbocycles. The van der Waals surface area contributed by atoms with Crippen molar-refractivity contribution in [1.82, 2.24) is 15.2 Å². The van der Waals surface area contributed by atoms with Crippen LogP contribution in [0.1, 0.15) is 11.1 Å². The monoisotopic (exact) mass is 454 g/mol. The molecule has 1 amide bonds. The van der Waals surface area contributed by atoms with E-state index in [1.165, 1.54) is 22.6 Å². The van der Waals surface area contributed by atoms with E-state index in [-0.39, 0.29) is 18.2 Å². The minimum absolute atomic E-state index is 0.128. The Morgan fingerprint density at radius 2 is 1.50 bits per heavy atom. The molecule has 0 radical (unpaired) electrons. The minimum atomic E-state index is -0.199. The maximum Gasteiger partial charge on any atom is 0.254 e. The topological polar surface area (TPSA) is 68.2 Å². The quantitative estimate of drug-likeness (QED) is 0.294. The van der Waals surface area contributed by atoms with E-state index in [9.17, 15) is 9.90 Å². The van der Waals surface area contributed by atoms with E-state index < -0.39 is 0 Å². The number of rotatable bonds is 9. The number of amides is 1. The number of carbonyl (C=O) groups excluding carboxylic acids is 1. The Morgan fingerprint density at radius 1 is 0.853 bits per heavy atom. The summed E-state index contributed by atoms with van der Waals surface area (Å²) in [7, 11) is 4.02. The summed E-state index contributed by atoms with van der Waals surface area (Å²) >= 11 is 0. The zero-order chi connectivity index (χ0) is 23.9. The van der Waals surface area contributed by atoms with Gasteiger partial charge in [0.05, 0.1) is 12.8 Å². The van der Waals surface area contributed by atoms with Crippen molar-refractivity contribution in [3.63, 3.8) is 0 Å². The molecular formula is C28H30N4O2. The minimum Gasteiger partial charge on any atom is -0.507 e. The third kappa shape index (κ3) is 5.78. The second-order valence-corrected chi connectivity index (χ2v) is 8.63. The van der Waals surface area contributed by atoms with Gasteiger partial charge < -0.3 is 10.0 Å². The summed E-state index contributed by atoms with van der Waals surface area (Å²) in [6.45, 7) is 2.67. The smallest absolute Gasteiger partial charge is 0.254 e. The van der Waals surface area contributed by atoms with Crippen molar-refractivity contribution >= 4 is 33.7 Å². The molecule has 0 fully saturated rings. The van der Waals surface area contributed by atoms with Crippen LogP contribution in [0.2, 0.25) is 0 Å². The van der Waals surface area contributed by atoms with Crippen LogP contribution in [0.25, 0.3) is 21.5 Å². The fraction of sp³-hybridized carbons (Fsp3) is 0.214. The lowest BCUT2D eigenvalue weighted by atomic mass is 10.0. The van der Waals surface area contributed by atoms with Gasteiger partial charge in [0, 0.05) is 25.2 Å². The molecule has 0 saturated heterocycles. The Labute approximate surface area is 200 Å². The molecule has 0 spiro atoms. The Hall–Kier alpha value is -3.74. The zero-order valence-electron chi connectivity index (χ0n) is 19.6. The number of hydrazone groups is 1. The maximum absolute atomic E-state index is 12.3. The molecule has 0 aromatic heterocycles. The lowest BCUT2D eigenvalue weighted by Gasteiger charge is -2.22. The summed E-state index contributed by atoms with van der Waals surface area (Å²) in [5.74, 6) is -0.0711. The van der Waals surface area contributed by atoms with Crippen LogP contribution in [0.4, 0.5) is 0 Å². The van der Waals surface area contributed by atoms with Crippen LogP contribution < -0.4 is 5.43 Å². The molecule has 34 heavy (non-hydrogen) atoms. The first-order chi connectivity index (χ1) is 16.5. The SMILES string of the molecule is CN(CCN(C)Cc1cccc2ccccc12)CC(=O)N/N=C/c1c(O)ccc2ccccc12. The second-order valence-electron chi connectivity index (χ2n) is 8.63. The number of aromatic hydroxyl groups is 1. The molecule has 2 N–H and O–H groups in total. The standard InChI is InChI=1S/C28H30N4O2/c1-31(19-23-11-7-10-21-8-3-5-12-24(21)23)16-17-32(2)20-28(34)30-29-18-26-25-13-6-4-9-22(25)14-15-27(26)33/h3-15,18,33H,16-17,19-20H2,1-2H3,(H,30,34)/b29-18+. The fourth-order valence-electron chi connectivity index (χ4n) is 4.09. The molecule has 0 heterocycles. The largest absolute Gasteiger partial charge is 0.507 e. The highest BCUT2D eigenvalue weighted by Crippen LogP contribution is 2.25. The van der Waals surface area contributed by atoms with Crippen molar-refractivity contribution in [3.05, 3.63) is 90.0 Å². The molecule has 174 valence electrons. The van der Waals surface area contributed by atoms with Gasteiger partial charge in [-0.2, -0.15) is 5.10 Å². The van der Waals surface area contributed by atoms with Gasteiger partial charge in [0.25, 0.3) is 5.91 Å². The molecule has 4 rings (SSSR count). The van der Waals surface area contributed by atoms with Gasteiger partial charge in [-0.3, -0.25) is 9.69 Å². The number of likely N-dealkylation sites (N-methyl/N-ethyl adjacent to an activating group) is 2. The number of phenols is 1. The van der Waals surface area contributed by atoms with Crippen molar-refractivity contribution < 1.29 is 9.90 Å². The highest BCUT2D eigenvalue weighted by molar-refractivity contribution is 6.02. The van der Waals surface area contributed by atoms with Crippen LogP contribution in [-0.2, 0) is 11.3 Å². The summed E-state index contributed by atoms with van der Waals surface area (Å²) in [5, 5.41) is 18.7. The Morgan fingerprint density at radius 3 is 2.29 bits per heavy atom. The molecule has 0 bridgehead atoms. The number of phenolic OH excluding ortho intramolecular Hbond substituents is 1. The fourth-order valence-corrected chi connectivity index (χ4v) is 4.09. The molecule has 6 nitrogen and oxygen atoms in total. The lowest BCUT2D eigenvalue weighted by molar-refractivity contribution is -0.121. The van der Waals surface area contributed by atoms with Crippen molar-refractivity contribution in [2.75, 3.05) is 33.7 Å². The number of nitrogens with zero attached hydrogens (tertiary/aromatic N) is 3. The average Bonchev–Trinajstić information content (AvgIpc) is 2.84. The van der Waals surface area contributed by atoms with Crippen LogP contribution in [0.15, 0.2) is 84.0 Å². The first-order valence-corrected chi connectivity index (χ1v) is 11.4. The van der Waals surface area contributed by atoms with Crippen molar-refractivity contribution in [1.29, 1.82) is 0 Å². The highest BCUT2D eigenvalue weighted by atomic mass is 16.3. The van der Waals surface area contributed by atoms with E-state index >= 15 is 0 Å². The predicted octanol–water partition coefficient (Wildman–Crippen LogP) is 4.21. The molecular weight excluding hydrogens is 424 g/mol. The normalized spacial score (nSPS) is 11.8. The molecule has 4 aromatic rings. The van der Waals surface area contributed by atoms with Crippen molar-refractivity contribution in [3.8, 4) is 5.75 Å². The number of carbonyl (C=O) groups is 1. The molecule has 0 aliphatic heterocycles. The lowest BCUT2D eigenvalue weighted by Crippen LogP contribution is -2.37. The summed E-state index contributed by atoms with van der Waals surface area (Å²) in [5.41, 5.74) is 4.45. The molecule has 4 aromatic carbocycles. The third-order valence-electron chi connectivity index (χ3n) is 5.93. The second kappa shape index (κ2) is 10.9. The number of hydrogen-bond acceptors (Lipinski definition) is 5.